The monoisotopic (exact) mass is 289 g/mol. The van der Waals surface area contributed by atoms with E-state index in [4.69, 9.17) is 4.74 Å². The number of nitrogens with one attached hydrogen (secondary N) is 1. The molecule has 2 nitrogen and oxygen atoms in total. The summed E-state index contributed by atoms with van der Waals surface area (Å²) in [5.41, 5.74) is 0. The summed E-state index contributed by atoms with van der Waals surface area (Å²) in [6.45, 7) is 4.04. The van der Waals surface area contributed by atoms with Gasteiger partial charge in [0.1, 0.15) is 5.75 Å². The Hall–Kier alpha value is -1.32. The summed E-state index contributed by atoms with van der Waals surface area (Å²) < 4.78 is 5.80. The highest BCUT2D eigenvalue weighted by Crippen LogP contribution is 2.14. The van der Waals surface area contributed by atoms with Crippen molar-refractivity contribution in [2.45, 2.75) is 32.2 Å². The van der Waals surface area contributed by atoms with Gasteiger partial charge >= 0.3 is 0 Å². The Bertz CT molecular complexity index is 455. The highest BCUT2D eigenvalue weighted by Gasteiger charge is 2.09. The molecule has 1 aromatic heterocycles. The van der Waals surface area contributed by atoms with Gasteiger partial charge in [-0.15, -0.1) is 11.3 Å². The Labute approximate surface area is 125 Å². The first-order chi connectivity index (χ1) is 9.88. The van der Waals surface area contributed by atoms with Crippen molar-refractivity contribution in [3.8, 4) is 5.75 Å². The molecule has 0 saturated heterocycles. The molecule has 1 heterocycles. The standard InChI is InChI=1S/C17H23NOS/c1-2-11-18-15(14-17-9-6-13-20-17)10-12-19-16-7-4-3-5-8-16/h3-9,13,15,18H,2,10-12,14H2,1H3. The van der Waals surface area contributed by atoms with E-state index in [1.165, 1.54) is 11.3 Å². The molecule has 0 amide bonds. The third-order valence-corrected chi connectivity index (χ3v) is 4.09. The molecular weight excluding hydrogens is 266 g/mol. The van der Waals surface area contributed by atoms with Crippen LogP contribution in [0.25, 0.3) is 0 Å². The topological polar surface area (TPSA) is 21.3 Å². The number of hydrogen-bond acceptors (Lipinski definition) is 3. The number of para-hydroxylation sites is 1. The molecule has 0 spiro atoms. The van der Waals surface area contributed by atoms with Crippen LogP contribution in [-0.2, 0) is 6.42 Å². The molecule has 0 aliphatic heterocycles. The van der Waals surface area contributed by atoms with Gasteiger partial charge in [0.2, 0.25) is 0 Å². The number of hydrogen-bond donors (Lipinski definition) is 1. The van der Waals surface area contributed by atoms with Crippen LogP contribution in [0.1, 0.15) is 24.6 Å². The minimum absolute atomic E-state index is 0.498. The van der Waals surface area contributed by atoms with Crippen LogP contribution >= 0.6 is 11.3 Å². The van der Waals surface area contributed by atoms with Crippen molar-refractivity contribution in [3.05, 3.63) is 52.7 Å². The lowest BCUT2D eigenvalue weighted by Crippen LogP contribution is -2.33. The zero-order valence-corrected chi connectivity index (χ0v) is 12.9. The molecule has 1 N–H and O–H groups in total. The van der Waals surface area contributed by atoms with Crippen molar-refractivity contribution in [1.29, 1.82) is 0 Å². The first-order valence-corrected chi connectivity index (χ1v) is 8.20. The predicted molar refractivity (Wildman–Crippen MR) is 86.7 cm³/mol. The molecule has 1 atom stereocenters. The second-order valence-electron chi connectivity index (χ2n) is 4.88. The second kappa shape index (κ2) is 8.77. The quantitative estimate of drug-likeness (QED) is 0.749. The largest absolute Gasteiger partial charge is 0.494 e. The molecule has 2 aromatic rings. The summed E-state index contributed by atoms with van der Waals surface area (Å²) in [6, 6.07) is 14.9. The molecule has 3 heteroatoms. The first kappa shape index (κ1) is 15.1. The molecule has 108 valence electrons. The van der Waals surface area contributed by atoms with Gasteiger partial charge < -0.3 is 10.1 Å². The van der Waals surface area contributed by atoms with Gasteiger partial charge in [-0.05, 0) is 49.4 Å². The Balaban J connectivity index is 1.78. The van der Waals surface area contributed by atoms with E-state index in [0.717, 1.165) is 31.7 Å². The van der Waals surface area contributed by atoms with E-state index in [1.54, 1.807) is 0 Å². The molecule has 0 bridgehead atoms. The van der Waals surface area contributed by atoms with E-state index < -0.39 is 0 Å². The van der Waals surface area contributed by atoms with Gasteiger partial charge in [0.25, 0.3) is 0 Å². The maximum atomic E-state index is 5.80. The van der Waals surface area contributed by atoms with Crippen molar-refractivity contribution in [2.75, 3.05) is 13.2 Å². The fourth-order valence-electron chi connectivity index (χ4n) is 2.13. The fourth-order valence-corrected chi connectivity index (χ4v) is 2.92. The van der Waals surface area contributed by atoms with Gasteiger partial charge in [0, 0.05) is 10.9 Å². The van der Waals surface area contributed by atoms with Crippen LogP contribution in [-0.4, -0.2) is 19.2 Å². The molecule has 20 heavy (non-hydrogen) atoms. The van der Waals surface area contributed by atoms with Crippen LogP contribution in [0.5, 0.6) is 5.75 Å². The van der Waals surface area contributed by atoms with Crippen LogP contribution in [0.4, 0.5) is 0 Å². The van der Waals surface area contributed by atoms with E-state index in [0.29, 0.717) is 6.04 Å². The number of thiophene rings is 1. The van der Waals surface area contributed by atoms with Crippen LogP contribution in [0.15, 0.2) is 47.8 Å². The summed E-state index contributed by atoms with van der Waals surface area (Å²) in [5, 5.41) is 5.77. The van der Waals surface area contributed by atoms with Crippen molar-refractivity contribution in [3.63, 3.8) is 0 Å². The van der Waals surface area contributed by atoms with Crippen molar-refractivity contribution in [2.24, 2.45) is 0 Å². The molecule has 0 saturated carbocycles. The normalized spacial score (nSPS) is 12.2. The summed E-state index contributed by atoms with van der Waals surface area (Å²) in [5.74, 6) is 0.956. The Kier molecular flexibility index (Phi) is 6.61. The molecule has 1 aromatic carbocycles. The maximum absolute atomic E-state index is 5.80. The smallest absolute Gasteiger partial charge is 0.119 e. The van der Waals surface area contributed by atoms with Crippen molar-refractivity contribution >= 4 is 11.3 Å². The molecule has 0 aliphatic carbocycles. The van der Waals surface area contributed by atoms with E-state index in [9.17, 15) is 0 Å². The van der Waals surface area contributed by atoms with Crippen LogP contribution < -0.4 is 10.1 Å². The lowest BCUT2D eigenvalue weighted by Gasteiger charge is -2.18. The summed E-state index contributed by atoms with van der Waals surface area (Å²) in [4.78, 5) is 1.44. The van der Waals surface area contributed by atoms with E-state index >= 15 is 0 Å². The average Bonchev–Trinajstić information content (AvgIpc) is 2.98. The van der Waals surface area contributed by atoms with Gasteiger partial charge in [-0.3, -0.25) is 0 Å². The molecular formula is C17H23NOS. The average molecular weight is 289 g/mol. The van der Waals surface area contributed by atoms with Crippen LogP contribution in [0, 0.1) is 0 Å². The molecule has 0 fully saturated rings. The SMILES string of the molecule is CCCNC(CCOc1ccccc1)Cc1cccs1. The third kappa shape index (κ3) is 5.35. The number of rotatable bonds is 9. The lowest BCUT2D eigenvalue weighted by atomic mass is 10.1. The Morgan fingerprint density at radius 2 is 2.00 bits per heavy atom. The number of ether oxygens (including phenoxy) is 1. The maximum Gasteiger partial charge on any atom is 0.119 e. The Morgan fingerprint density at radius 3 is 2.70 bits per heavy atom. The van der Waals surface area contributed by atoms with Crippen molar-refractivity contribution in [1.82, 2.24) is 5.32 Å². The minimum atomic E-state index is 0.498. The van der Waals surface area contributed by atoms with Crippen LogP contribution in [0.2, 0.25) is 0 Å². The second-order valence-corrected chi connectivity index (χ2v) is 5.92. The molecule has 0 radical (unpaired) electrons. The lowest BCUT2D eigenvalue weighted by molar-refractivity contribution is 0.285. The molecule has 1 unspecified atom stereocenters. The summed E-state index contributed by atoms with van der Waals surface area (Å²) in [7, 11) is 0. The van der Waals surface area contributed by atoms with E-state index in [2.05, 4.69) is 29.8 Å². The van der Waals surface area contributed by atoms with Gasteiger partial charge in [0.05, 0.1) is 6.61 Å². The summed E-state index contributed by atoms with van der Waals surface area (Å²) >= 11 is 1.83. The predicted octanol–water partition coefficient (Wildman–Crippen LogP) is 4.13. The van der Waals surface area contributed by atoms with Gasteiger partial charge in [0.15, 0.2) is 0 Å². The van der Waals surface area contributed by atoms with E-state index in [-0.39, 0.29) is 0 Å². The highest BCUT2D eigenvalue weighted by atomic mass is 32.1. The van der Waals surface area contributed by atoms with Gasteiger partial charge in [-0.1, -0.05) is 31.2 Å². The van der Waals surface area contributed by atoms with Gasteiger partial charge in [-0.25, -0.2) is 0 Å². The minimum Gasteiger partial charge on any atom is -0.494 e. The highest BCUT2D eigenvalue weighted by molar-refractivity contribution is 7.09. The third-order valence-electron chi connectivity index (χ3n) is 3.19. The zero-order chi connectivity index (χ0) is 14.0. The number of benzene rings is 1. The van der Waals surface area contributed by atoms with Gasteiger partial charge in [-0.2, -0.15) is 0 Å². The zero-order valence-electron chi connectivity index (χ0n) is 12.0. The van der Waals surface area contributed by atoms with Crippen LogP contribution in [0.3, 0.4) is 0 Å². The summed E-state index contributed by atoms with van der Waals surface area (Å²) in [6.07, 6.45) is 3.29. The Morgan fingerprint density at radius 1 is 1.15 bits per heavy atom. The fraction of sp³-hybridized carbons (Fsp3) is 0.412. The molecule has 0 aliphatic rings. The first-order valence-electron chi connectivity index (χ1n) is 7.32. The molecule has 2 rings (SSSR count). The van der Waals surface area contributed by atoms with Crippen molar-refractivity contribution < 1.29 is 4.74 Å². The van der Waals surface area contributed by atoms with E-state index in [1.807, 2.05) is 41.7 Å².